The van der Waals surface area contributed by atoms with Crippen molar-refractivity contribution < 1.29 is 17.9 Å². The molecule has 0 saturated carbocycles. The molecule has 1 aromatic carbocycles. The Hall–Kier alpha value is -3.10. The number of aromatic nitrogens is 2. The summed E-state index contributed by atoms with van der Waals surface area (Å²) < 4.78 is 36.5. The number of hydrogen-bond acceptors (Lipinski definition) is 6. The third-order valence-electron chi connectivity index (χ3n) is 4.98. The normalized spacial score (nSPS) is 12.1. The molecule has 0 bridgehead atoms. The molecule has 0 unspecified atom stereocenters. The van der Waals surface area contributed by atoms with Gasteiger partial charge in [-0.3, -0.25) is 9.71 Å². The Morgan fingerprint density at radius 1 is 1.00 bits per heavy atom. The van der Waals surface area contributed by atoms with Crippen LogP contribution in [-0.4, -0.2) is 38.9 Å². The molecule has 34 heavy (non-hydrogen) atoms. The first kappa shape index (κ1) is 25.5. The van der Waals surface area contributed by atoms with Gasteiger partial charge in [-0.15, -0.1) is 0 Å². The Kier molecular flexibility index (Phi) is 7.53. The highest BCUT2D eigenvalue weighted by Gasteiger charge is 2.23. The number of nitrogens with zero attached hydrogens (tertiary/aromatic N) is 2. The number of anilines is 1. The number of pyridine rings is 2. The predicted octanol–water partition coefficient (Wildman–Crippen LogP) is 5.65. The lowest BCUT2D eigenvalue weighted by molar-refractivity contribution is 0.396. The summed E-state index contributed by atoms with van der Waals surface area (Å²) in [6.45, 7) is 6.35. The van der Waals surface area contributed by atoms with Gasteiger partial charge in [-0.05, 0) is 53.5 Å². The zero-order chi connectivity index (χ0) is 25.1. The number of sulfonamides is 1. The third kappa shape index (κ3) is 6.27. The lowest BCUT2D eigenvalue weighted by Gasteiger charge is -2.25. The van der Waals surface area contributed by atoms with Crippen LogP contribution in [0.15, 0.2) is 42.7 Å². The second-order valence-electron chi connectivity index (χ2n) is 8.79. The molecule has 3 aromatic rings. The minimum Gasteiger partial charge on any atom is -0.496 e. The maximum atomic E-state index is 11.4. The second-order valence-corrected chi connectivity index (χ2v) is 11.0. The van der Waals surface area contributed by atoms with E-state index in [0.29, 0.717) is 22.3 Å². The quantitative estimate of drug-likeness (QED) is 0.449. The molecule has 0 fully saturated rings. The van der Waals surface area contributed by atoms with E-state index in [0.717, 1.165) is 34.3 Å². The van der Waals surface area contributed by atoms with Gasteiger partial charge in [0.25, 0.3) is 0 Å². The van der Waals surface area contributed by atoms with E-state index in [1.807, 2.05) is 24.3 Å². The summed E-state index contributed by atoms with van der Waals surface area (Å²) in [5.41, 5.74) is 4.35. The summed E-state index contributed by atoms with van der Waals surface area (Å²) in [7, 11) is -0.144. The SMILES string of the molecule is COc1ncc(Cl)cc1-c1cc(/C=C/c2ccc(NS(C)(=O)=O)cn2)c(OC)c(C(C)(C)C)c1. The highest BCUT2D eigenvalue weighted by Crippen LogP contribution is 2.41. The van der Waals surface area contributed by atoms with E-state index >= 15 is 0 Å². The number of ether oxygens (including phenoxy) is 2. The minimum absolute atomic E-state index is 0.208. The van der Waals surface area contributed by atoms with Crippen LogP contribution in [-0.2, 0) is 15.4 Å². The highest BCUT2D eigenvalue weighted by molar-refractivity contribution is 7.92. The zero-order valence-corrected chi connectivity index (χ0v) is 21.6. The van der Waals surface area contributed by atoms with Crippen LogP contribution >= 0.6 is 11.6 Å². The predicted molar refractivity (Wildman–Crippen MR) is 138 cm³/mol. The van der Waals surface area contributed by atoms with Gasteiger partial charge in [0.2, 0.25) is 15.9 Å². The first-order valence-corrected chi connectivity index (χ1v) is 12.7. The topological polar surface area (TPSA) is 90.4 Å². The van der Waals surface area contributed by atoms with Crippen molar-refractivity contribution >= 4 is 39.5 Å². The molecule has 0 radical (unpaired) electrons. The molecule has 0 aliphatic heterocycles. The van der Waals surface area contributed by atoms with Gasteiger partial charge < -0.3 is 9.47 Å². The number of benzene rings is 1. The van der Waals surface area contributed by atoms with E-state index in [1.165, 1.54) is 6.20 Å². The molecule has 180 valence electrons. The Bertz CT molecular complexity index is 1320. The maximum Gasteiger partial charge on any atom is 0.229 e. The number of nitrogens with one attached hydrogen (secondary N) is 1. The minimum atomic E-state index is -3.36. The van der Waals surface area contributed by atoms with Crippen LogP contribution in [0.5, 0.6) is 11.6 Å². The van der Waals surface area contributed by atoms with Crippen LogP contribution in [0.3, 0.4) is 0 Å². The number of methoxy groups -OCH3 is 2. The van der Waals surface area contributed by atoms with E-state index in [-0.39, 0.29) is 5.41 Å². The maximum absolute atomic E-state index is 11.4. The Labute approximate surface area is 205 Å². The molecular formula is C25H28ClN3O4S. The first-order chi connectivity index (χ1) is 15.9. The summed E-state index contributed by atoms with van der Waals surface area (Å²) in [5, 5.41) is 0.507. The van der Waals surface area contributed by atoms with Gasteiger partial charge in [0.15, 0.2) is 0 Å². The molecule has 0 atom stereocenters. The van der Waals surface area contributed by atoms with Gasteiger partial charge in [0.1, 0.15) is 5.75 Å². The van der Waals surface area contributed by atoms with Crippen molar-refractivity contribution in [2.75, 3.05) is 25.2 Å². The molecule has 1 N–H and O–H groups in total. The van der Waals surface area contributed by atoms with Crippen LogP contribution in [0.4, 0.5) is 5.69 Å². The molecule has 0 spiro atoms. The number of halogens is 1. The van der Waals surface area contributed by atoms with Crippen LogP contribution in [0.2, 0.25) is 5.02 Å². The van der Waals surface area contributed by atoms with Crippen molar-refractivity contribution in [3.05, 3.63) is 64.6 Å². The van der Waals surface area contributed by atoms with Gasteiger partial charge in [-0.2, -0.15) is 0 Å². The molecular weight excluding hydrogens is 474 g/mol. The summed E-state index contributed by atoms with van der Waals surface area (Å²) in [4.78, 5) is 8.62. The van der Waals surface area contributed by atoms with Crippen LogP contribution in [0, 0.1) is 0 Å². The monoisotopic (exact) mass is 501 g/mol. The van der Waals surface area contributed by atoms with Gasteiger partial charge in [-0.1, -0.05) is 32.4 Å². The Morgan fingerprint density at radius 2 is 1.74 bits per heavy atom. The van der Waals surface area contributed by atoms with Gasteiger partial charge in [-0.25, -0.2) is 13.4 Å². The largest absolute Gasteiger partial charge is 0.496 e. The molecule has 9 heteroatoms. The second kappa shape index (κ2) is 10.0. The van der Waals surface area contributed by atoms with Crippen molar-refractivity contribution in [2.45, 2.75) is 26.2 Å². The van der Waals surface area contributed by atoms with E-state index in [2.05, 4.69) is 41.5 Å². The molecule has 3 rings (SSSR count). The molecule has 0 aliphatic carbocycles. The fourth-order valence-electron chi connectivity index (χ4n) is 3.47. The molecule has 0 saturated heterocycles. The first-order valence-electron chi connectivity index (χ1n) is 10.5. The van der Waals surface area contributed by atoms with Crippen LogP contribution < -0.4 is 14.2 Å². The van der Waals surface area contributed by atoms with Crippen LogP contribution in [0.25, 0.3) is 23.3 Å². The average molecular weight is 502 g/mol. The fourth-order valence-corrected chi connectivity index (χ4v) is 4.17. The molecule has 2 heterocycles. The highest BCUT2D eigenvalue weighted by atomic mass is 35.5. The molecule has 2 aromatic heterocycles. The smallest absolute Gasteiger partial charge is 0.229 e. The van der Waals surface area contributed by atoms with E-state index in [4.69, 9.17) is 21.1 Å². The molecule has 0 aliphatic rings. The van der Waals surface area contributed by atoms with Crippen molar-refractivity contribution in [3.8, 4) is 22.8 Å². The number of rotatable bonds is 7. The van der Waals surface area contributed by atoms with E-state index in [9.17, 15) is 8.42 Å². The summed E-state index contributed by atoms with van der Waals surface area (Å²) in [5.74, 6) is 1.22. The lowest BCUT2D eigenvalue weighted by atomic mass is 9.83. The Morgan fingerprint density at radius 3 is 2.29 bits per heavy atom. The summed E-state index contributed by atoms with van der Waals surface area (Å²) in [6, 6.07) is 9.26. The zero-order valence-electron chi connectivity index (χ0n) is 20.0. The van der Waals surface area contributed by atoms with Crippen molar-refractivity contribution in [3.63, 3.8) is 0 Å². The van der Waals surface area contributed by atoms with Crippen molar-refractivity contribution in [2.24, 2.45) is 0 Å². The Balaban J connectivity index is 2.11. The third-order valence-corrected chi connectivity index (χ3v) is 5.79. The van der Waals surface area contributed by atoms with Gasteiger partial charge >= 0.3 is 0 Å². The summed E-state index contributed by atoms with van der Waals surface area (Å²) >= 11 is 6.24. The average Bonchev–Trinajstić information content (AvgIpc) is 2.76. The van der Waals surface area contributed by atoms with Crippen molar-refractivity contribution in [1.29, 1.82) is 0 Å². The van der Waals surface area contributed by atoms with E-state index < -0.39 is 10.0 Å². The molecule has 0 amide bonds. The van der Waals surface area contributed by atoms with Gasteiger partial charge in [0, 0.05) is 22.9 Å². The van der Waals surface area contributed by atoms with Gasteiger partial charge in [0.05, 0.1) is 43.1 Å². The van der Waals surface area contributed by atoms with Crippen molar-refractivity contribution in [1.82, 2.24) is 9.97 Å². The molecule has 7 nitrogen and oxygen atoms in total. The summed E-state index contributed by atoms with van der Waals surface area (Å²) in [6.07, 6.45) is 7.86. The van der Waals surface area contributed by atoms with Crippen LogP contribution in [0.1, 0.15) is 37.6 Å². The fraction of sp³-hybridized carbons (Fsp3) is 0.280. The lowest BCUT2D eigenvalue weighted by Crippen LogP contribution is -2.14. The standard InChI is InChI=1S/C25H28ClN3O4S/c1-25(2,3)22-12-17(21-13-18(26)14-28-24(21)33-5)11-16(23(22)32-4)7-8-19-9-10-20(15-27-19)29-34(6,30)31/h7-15,29H,1-6H3/b8-7+. The number of hydrogen-bond donors (Lipinski definition) is 1. The van der Waals surface area contributed by atoms with E-state index in [1.54, 1.807) is 32.5 Å².